The summed E-state index contributed by atoms with van der Waals surface area (Å²) >= 11 is 0. The normalized spacial score (nSPS) is 13.1. The molecule has 4 heteroatoms. The number of para-hydroxylation sites is 1. The highest BCUT2D eigenvalue weighted by molar-refractivity contribution is 6.14. The van der Waals surface area contributed by atoms with Crippen molar-refractivity contribution in [1.82, 2.24) is 0 Å². The van der Waals surface area contributed by atoms with Crippen molar-refractivity contribution < 1.29 is 4.42 Å². The molecule has 0 N–H and O–H groups in total. The average Bonchev–Trinajstić information content (AvgIpc) is 1.50. The van der Waals surface area contributed by atoms with E-state index in [4.69, 9.17) is 4.42 Å². The van der Waals surface area contributed by atoms with Crippen molar-refractivity contribution in [2.75, 3.05) is 14.7 Å². The Bertz CT molecular complexity index is 7620. The topological polar surface area (TPSA) is 22.9 Å². The average molecular weight is 1680 g/mol. The molecule has 4 nitrogen and oxygen atoms in total. The van der Waals surface area contributed by atoms with E-state index in [-0.39, 0.29) is 10.8 Å². The first-order chi connectivity index (χ1) is 64.5. The van der Waals surface area contributed by atoms with Gasteiger partial charge in [-0.2, -0.15) is 0 Å². The lowest BCUT2D eigenvalue weighted by Crippen LogP contribution is -2.26. The molecule has 0 saturated heterocycles. The van der Waals surface area contributed by atoms with Crippen LogP contribution in [0.15, 0.2) is 496 Å². The Morgan fingerprint density at radius 1 is 0.183 bits per heavy atom. The molecule has 0 unspecified atom stereocenters. The summed E-state index contributed by atoms with van der Waals surface area (Å²) in [7, 11) is 0. The molecule has 0 atom stereocenters. The summed E-state index contributed by atoms with van der Waals surface area (Å²) in [5.74, 6) is 0. The van der Waals surface area contributed by atoms with Gasteiger partial charge in [0.15, 0.2) is 0 Å². The second kappa shape index (κ2) is 32.8. The van der Waals surface area contributed by atoms with Crippen LogP contribution in [-0.2, 0) is 16.2 Å². The Hall–Kier alpha value is -16.4. The van der Waals surface area contributed by atoms with Crippen molar-refractivity contribution >= 4 is 73.1 Å². The van der Waals surface area contributed by atoms with Gasteiger partial charge in [0.1, 0.15) is 11.2 Å². The van der Waals surface area contributed by atoms with Crippen LogP contribution < -0.4 is 14.7 Å². The van der Waals surface area contributed by atoms with Crippen molar-refractivity contribution in [2.45, 2.75) is 43.9 Å². The Kier molecular flexibility index (Phi) is 19.8. The van der Waals surface area contributed by atoms with Crippen LogP contribution in [0.1, 0.15) is 72.2 Å². The molecule has 1 aromatic heterocycles. The monoisotopic (exact) mass is 1680 g/mol. The number of rotatable bonds is 14. The van der Waals surface area contributed by atoms with Crippen LogP contribution in [0.2, 0.25) is 0 Å². The molecule has 0 bridgehead atoms. The van der Waals surface area contributed by atoms with Crippen molar-refractivity contribution in [1.29, 1.82) is 0 Å². The minimum atomic E-state index is -0.403. The Morgan fingerprint density at radius 3 is 0.916 bits per heavy atom. The lowest BCUT2D eigenvalue weighted by molar-refractivity contribution is 0.660. The summed E-state index contributed by atoms with van der Waals surface area (Å²) in [6.45, 7) is 9.46. The van der Waals surface area contributed by atoms with E-state index in [1.165, 1.54) is 156 Å². The fourth-order valence-electron chi connectivity index (χ4n) is 21.5. The molecule has 622 valence electrons. The Labute approximate surface area is 766 Å². The molecule has 131 heavy (non-hydrogen) atoms. The van der Waals surface area contributed by atoms with Crippen molar-refractivity contribution in [3.05, 3.63) is 536 Å². The van der Waals surface area contributed by atoms with E-state index in [2.05, 4.69) is 516 Å². The lowest BCUT2D eigenvalue weighted by Gasteiger charge is -2.32. The summed E-state index contributed by atoms with van der Waals surface area (Å²) in [4.78, 5) is 7.26. The van der Waals surface area contributed by atoms with E-state index in [1.54, 1.807) is 0 Å². The van der Waals surface area contributed by atoms with Gasteiger partial charge in [-0.3, -0.25) is 0 Å². The predicted molar refractivity (Wildman–Crippen MR) is 549 cm³/mol. The van der Waals surface area contributed by atoms with Gasteiger partial charge in [-0.25, -0.2) is 0 Å². The van der Waals surface area contributed by atoms with Gasteiger partial charge in [0.25, 0.3) is 0 Å². The van der Waals surface area contributed by atoms with Crippen LogP contribution in [0.25, 0.3) is 122 Å². The van der Waals surface area contributed by atoms with E-state index in [9.17, 15) is 0 Å². The third-order valence-electron chi connectivity index (χ3n) is 27.6. The molecule has 4 aliphatic rings. The van der Waals surface area contributed by atoms with Crippen molar-refractivity contribution in [3.63, 3.8) is 0 Å². The van der Waals surface area contributed by atoms with Crippen LogP contribution in [0.3, 0.4) is 0 Å². The lowest BCUT2D eigenvalue weighted by atomic mass is 9.70. The fraction of sp³-hybridized carbons (Fsp3) is 0.0551. The third-order valence-corrected chi connectivity index (χ3v) is 27.6. The maximum Gasteiger partial charge on any atom is 0.137 e. The zero-order chi connectivity index (χ0) is 87.7. The standard InChI is InChI=1S/C52H37N.C39H31N.C36H25NO/c1-51(2)43-21-10-6-17-38(43)41-32-31-37(33-48(41)51)53(36-29-27-35(28-30-36)34-15-4-3-5-16-34)49-26-14-25-47-50(49)42-20-9-13-24-46(42)52(47)44-22-11-7-18-39(44)40-19-8-12-23-45(40)52;1-39(2)36-18-10-9-16-34(36)35-17-11-19-37(38(35)39)40(32-24-20-30(21-25-32)28-12-5-3-6-13-28)33-26-22-31(23-27-33)29-14-7-4-8-15-29;1-3-10-26(11-4-1)28-18-22-30(23-19-28)37(31-24-20-29(21-25-31)27-12-5-2-6-13-27)33-15-9-17-35-36(33)32-14-7-8-16-34(32)38-35/h3-33H,1-2H3;3-27H,1-2H3;1-25H. The number of anilines is 9. The van der Waals surface area contributed by atoms with Crippen LogP contribution in [0.4, 0.5) is 51.2 Å². The summed E-state index contributed by atoms with van der Waals surface area (Å²) < 4.78 is 6.24. The Balaban J connectivity index is 0.000000114. The number of nitrogens with zero attached hydrogens (tertiary/aromatic N) is 3. The molecule has 20 aromatic carbocycles. The summed E-state index contributed by atoms with van der Waals surface area (Å²) in [5, 5.41) is 2.23. The van der Waals surface area contributed by atoms with Gasteiger partial charge < -0.3 is 19.1 Å². The Morgan fingerprint density at radius 2 is 0.466 bits per heavy atom. The van der Waals surface area contributed by atoms with E-state index in [0.717, 1.165) is 61.8 Å². The van der Waals surface area contributed by atoms with Gasteiger partial charge in [-0.05, 0) is 242 Å². The SMILES string of the molecule is CC1(C)c2ccccc2-c2ccc(N(c3ccc(-c4ccccc4)cc3)c3cccc4c3-c3ccccc3C43c4ccccc4-c4ccccc43)cc21.CC1(C)c2ccccc2-c2cccc(N(c3ccc(-c4ccccc4)cc3)c3ccc(-c4ccccc4)cc3)c21.c1ccc(-c2ccc(N(c3ccc(-c4ccccc4)cc3)c3cccc4oc5ccccc5c34)cc2)cc1. The number of benzene rings is 20. The summed E-state index contributed by atoms with van der Waals surface area (Å²) in [6, 6.07) is 178. The minimum absolute atomic E-state index is 0.114. The van der Waals surface area contributed by atoms with Crippen molar-refractivity contribution in [2.24, 2.45) is 0 Å². The van der Waals surface area contributed by atoms with Crippen LogP contribution in [0.5, 0.6) is 0 Å². The van der Waals surface area contributed by atoms with Crippen LogP contribution >= 0.6 is 0 Å². The van der Waals surface area contributed by atoms with Crippen molar-refractivity contribution in [3.8, 4) is 100 Å². The van der Waals surface area contributed by atoms with Crippen LogP contribution in [-0.4, -0.2) is 0 Å². The highest BCUT2D eigenvalue weighted by Crippen LogP contribution is 2.66. The molecule has 25 rings (SSSR count). The van der Waals surface area contributed by atoms with Gasteiger partial charge in [0, 0.05) is 55.9 Å². The fourth-order valence-corrected chi connectivity index (χ4v) is 21.5. The van der Waals surface area contributed by atoms with Gasteiger partial charge in [0.05, 0.1) is 27.9 Å². The molecule has 0 saturated carbocycles. The van der Waals surface area contributed by atoms with Gasteiger partial charge >= 0.3 is 0 Å². The van der Waals surface area contributed by atoms with E-state index in [0.29, 0.717) is 0 Å². The zero-order valence-corrected chi connectivity index (χ0v) is 73.5. The highest BCUT2D eigenvalue weighted by Gasteiger charge is 2.53. The number of hydrogen-bond acceptors (Lipinski definition) is 4. The first-order valence-corrected chi connectivity index (χ1v) is 45.5. The van der Waals surface area contributed by atoms with Gasteiger partial charge in [0.2, 0.25) is 0 Å². The molecule has 0 radical (unpaired) electrons. The number of hydrogen-bond donors (Lipinski definition) is 0. The molecule has 0 aliphatic heterocycles. The second-order valence-corrected chi connectivity index (χ2v) is 35.7. The smallest absolute Gasteiger partial charge is 0.137 e. The van der Waals surface area contributed by atoms with E-state index in [1.807, 2.05) is 18.2 Å². The maximum atomic E-state index is 6.24. The van der Waals surface area contributed by atoms with Gasteiger partial charge in [-0.1, -0.05) is 416 Å². The quantitative estimate of drug-likeness (QED) is 0.108. The molecule has 1 spiro atoms. The minimum Gasteiger partial charge on any atom is -0.456 e. The van der Waals surface area contributed by atoms with E-state index < -0.39 is 5.41 Å². The predicted octanol–water partition coefficient (Wildman–Crippen LogP) is 34.7. The number of furan rings is 1. The summed E-state index contributed by atoms with van der Waals surface area (Å²) in [6.07, 6.45) is 0. The molecule has 1 heterocycles. The molecule has 4 aliphatic carbocycles. The molecule has 21 aromatic rings. The first-order valence-electron chi connectivity index (χ1n) is 45.5. The zero-order valence-electron chi connectivity index (χ0n) is 73.5. The first kappa shape index (κ1) is 79.3. The molecular formula is C127H93N3O. The third kappa shape index (κ3) is 13.6. The maximum absolute atomic E-state index is 6.24. The highest BCUT2D eigenvalue weighted by atomic mass is 16.3. The van der Waals surface area contributed by atoms with Gasteiger partial charge in [-0.15, -0.1) is 0 Å². The second-order valence-electron chi connectivity index (χ2n) is 35.7. The largest absolute Gasteiger partial charge is 0.456 e. The molecule has 0 fully saturated rings. The molecular weight excluding hydrogens is 1580 g/mol. The summed E-state index contributed by atoms with van der Waals surface area (Å²) in [5.41, 5.74) is 45.0. The van der Waals surface area contributed by atoms with Crippen LogP contribution in [0, 0.1) is 0 Å². The molecule has 0 amide bonds. The van der Waals surface area contributed by atoms with E-state index >= 15 is 0 Å². The number of fused-ring (bicyclic) bond motifs is 19.